The van der Waals surface area contributed by atoms with Crippen molar-refractivity contribution in [1.82, 2.24) is 20.2 Å². The molecule has 0 radical (unpaired) electrons. The van der Waals surface area contributed by atoms with Gasteiger partial charge in [-0.05, 0) is 89.3 Å². The first-order valence-corrected chi connectivity index (χ1v) is 11.3. The van der Waals surface area contributed by atoms with Crippen molar-refractivity contribution in [3.63, 3.8) is 0 Å². The van der Waals surface area contributed by atoms with Crippen LogP contribution in [0.3, 0.4) is 0 Å². The van der Waals surface area contributed by atoms with Gasteiger partial charge in [-0.2, -0.15) is 4.80 Å². The van der Waals surface area contributed by atoms with Gasteiger partial charge in [0, 0.05) is 5.56 Å². The molecule has 0 saturated heterocycles. The number of ether oxygens (including phenoxy) is 1. The lowest BCUT2D eigenvalue weighted by molar-refractivity contribution is -0.0687. The number of aryl methyl sites for hydroxylation is 3. The van der Waals surface area contributed by atoms with E-state index in [0.717, 1.165) is 24.8 Å². The smallest absolute Gasteiger partial charge is 0.204 e. The first-order chi connectivity index (χ1) is 14.7. The van der Waals surface area contributed by atoms with Crippen molar-refractivity contribution >= 4 is 0 Å². The molecule has 1 aliphatic rings. The highest BCUT2D eigenvalue weighted by Crippen LogP contribution is 2.43. The van der Waals surface area contributed by atoms with Crippen LogP contribution >= 0.6 is 0 Å². The Kier molecular flexibility index (Phi) is 5.73. The lowest BCUT2D eigenvalue weighted by Gasteiger charge is -2.32. The van der Waals surface area contributed by atoms with E-state index in [1.807, 2.05) is 0 Å². The van der Waals surface area contributed by atoms with Crippen LogP contribution in [0.25, 0.3) is 22.5 Å². The topological polar surface area (TPSA) is 52.8 Å². The molecule has 2 atom stereocenters. The number of tetrazole rings is 1. The first kappa shape index (κ1) is 21.7. The van der Waals surface area contributed by atoms with Crippen LogP contribution in [0.4, 0.5) is 0 Å². The molecule has 1 aromatic heterocycles. The summed E-state index contributed by atoms with van der Waals surface area (Å²) in [7, 11) is 1.79. The maximum Gasteiger partial charge on any atom is 0.204 e. The van der Waals surface area contributed by atoms with Gasteiger partial charge in [-0.1, -0.05) is 45.9 Å². The first-order valence-electron chi connectivity index (χ1n) is 11.3. The lowest BCUT2D eigenvalue weighted by atomic mass is 9.87. The Bertz CT molecular complexity index is 1070. The van der Waals surface area contributed by atoms with E-state index in [1.54, 1.807) is 7.05 Å². The van der Waals surface area contributed by atoms with Gasteiger partial charge < -0.3 is 4.74 Å². The number of nitrogens with zero attached hydrogens (tertiary/aromatic N) is 4. The van der Waals surface area contributed by atoms with Crippen molar-refractivity contribution in [3.8, 4) is 22.5 Å². The van der Waals surface area contributed by atoms with E-state index in [0.29, 0.717) is 5.82 Å². The second-order valence-corrected chi connectivity index (χ2v) is 9.89. The zero-order valence-corrected chi connectivity index (χ0v) is 19.9. The third-order valence-corrected chi connectivity index (χ3v) is 6.45. The van der Waals surface area contributed by atoms with Gasteiger partial charge in [0.2, 0.25) is 5.82 Å². The van der Waals surface area contributed by atoms with Crippen LogP contribution in [-0.2, 0) is 18.2 Å². The number of aromatic nitrogens is 4. The van der Waals surface area contributed by atoms with Crippen LogP contribution in [0.1, 0.15) is 68.9 Å². The summed E-state index contributed by atoms with van der Waals surface area (Å²) in [6.45, 7) is 13.4. The van der Waals surface area contributed by atoms with Gasteiger partial charge in [0.25, 0.3) is 0 Å². The van der Waals surface area contributed by atoms with Crippen LogP contribution in [0.2, 0.25) is 0 Å². The Morgan fingerprint density at radius 2 is 1.87 bits per heavy atom. The normalized spacial score (nSPS) is 17.1. The molecule has 164 valence electrons. The highest BCUT2D eigenvalue weighted by molar-refractivity contribution is 5.78. The minimum atomic E-state index is 0.145. The molecular formula is C26H34N4O. The minimum Gasteiger partial charge on any atom is -0.370 e. The van der Waals surface area contributed by atoms with E-state index in [1.165, 1.54) is 38.2 Å². The molecule has 0 saturated carbocycles. The number of rotatable bonds is 5. The number of hydrogen-bond donors (Lipinski definition) is 0. The monoisotopic (exact) mass is 418 g/mol. The zero-order valence-electron chi connectivity index (χ0n) is 19.9. The summed E-state index contributed by atoms with van der Waals surface area (Å²) < 4.78 is 6.66. The molecule has 0 N–H and O–H groups in total. The fourth-order valence-corrected chi connectivity index (χ4v) is 5.02. The van der Waals surface area contributed by atoms with Crippen molar-refractivity contribution in [2.75, 3.05) is 0 Å². The van der Waals surface area contributed by atoms with Gasteiger partial charge in [-0.25, -0.2) is 0 Å². The fourth-order valence-electron chi connectivity index (χ4n) is 5.02. The summed E-state index contributed by atoms with van der Waals surface area (Å²) in [6, 6.07) is 11.1. The molecule has 31 heavy (non-hydrogen) atoms. The molecule has 3 aromatic rings. The van der Waals surface area contributed by atoms with Gasteiger partial charge in [-0.15, -0.1) is 10.2 Å². The molecule has 4 rings (SSSR count). The number of hydrogen-bond acceptors (Lipinski definition) is 4. The third kappa shape index (κ3) is 4.16. The molecule has 1 heterocycles. The minimum absolute atomic E-state index is 0.145. The van der Waals surface area contributed by atoms with Crippen LogP contribution in [0.15, 0.2) is 30.3 Å². The van der Waals surface area contributed by atoms with Crippen molar-refractivity contribution in [2.45, 2.75) is 73.0 Å². The molecular weight excluding hydrogens is 384 g/mol. The van der Waals surface area contributed by atoms with E-state index in [-0.39, 0.29) is 17.6 Å². The quantitative estimate of drug-likeness (QED) is 0.511. The number of fused-ring (bicyclic) bond motifs is 1. The summed E-state index contributed by atoms with van der Waals surface area (Å²) >= 11 is 0. The van der Waals surface area contributed by atoms with Crippen LogP contribution in [0.5, 0.6) is 0 Å². The Morgan fingerprint density at radius 1 is 1.16 bits per heavy atom. The molecule has 0 aliphatic heterocycles. The predicted octanol–water partition coefficient (Wildman–Crippen LogP) is 5.99. The molecule has 0 fully saturated rings. The molecule has 5 nitrogen and oxygen atoms in total. The van der Waals surface area contributed by atoms with Crippen LogP contribution in [-0.4, -0.2) is 26.3 Å². The van der Waals surface area contributed by atoms with E-state index >= 15 is 0 Å². The van der Waals surface area contributed by atoms with Crippen molar-refractivity contribution in [2.24, 2.45) is 12.5 Å². The predicted molar refractivity (Wildman–Crippen MR) is 125 cm³/mol. The largest absolute Gasteiger partial charge is 0.370 e. The summed E-state index contributed by atoms with van der Waals surface area (Å²) in [5, 5.41) is 12.5. The second-order valence-electron chi connectivity index (χ2n) is 9.89. The van der Waals surface area contributed by atoms with Crippen LogP contribution in [0, 0.1) is 19.3 Å². The van der Waals surface area contributed by atoms with Gasteiger partial charge in [-0.3, -0.25) is 0 Å². The van der Waals surface area contributed by atoms with Gasteiger partial charge in [0.1, 0.15) is 0 Å². The summed E-state index contributed by atoms with van der Waals surface area (Å²) in [4.78, 5) is 1.50. The van der Waals surface area contributed by atoms with Crippen LogP contribution < -0.4 is 0 Å². The highest BCUT2D eigenvalue weighted by atomic mass is 16.5. The summed E-state index contributed by atoms with van der Waals surface area (Å²) in [5.41, 5.74) is 9.08. The SMILES string of the molecule is CC[C@@H](OC1CCc2c(-c3c(C)cc(-c4nnn(C)n4)cc3C)cccc21)C(C)(C)C. The van der Waals surface area contributed by atoms with E-state index in [9.17, 15) is 0 Å². The Hall–Kier alpha value is -2.53. The lowest BCUT2D eigenvalue weighted by Crippen LogP contribution is -2.29. The Morgan fingerprint density at radius 3 is 2.45 bits per heavy atom. The highest BCUT2D eigenvalue weighted by Gasteiger charge is 2.32. The van der Waals surface area contributed by atoms with Gasteiger partial charge in [0.15, 0.2) is 0 Å². The second kappa shape index (κ2) is 8.19. The van der Waals surface area contributed by atoms with Crippen molar-refractivity contribution in [3.05, 3.63) is 52.6 Å². The Balaban J connectivity index is 1.71. The molecule has 1 aliphatic carbocycles. The number of benzene rings is 2. The third-order valence-electron chi connectivity index (χ3n) is 6.45. The van der Waals surface area contributed by atoms with Crippen molar-refractivity contribution < 1.29 is 4.74 Å². The summed E-state index contributed by atoms with van der Waals surface area (Å²) in [5.74, 6) is 0.666. The zero-order chi connectivity index (χ0) is 22.3. The van der Waals surface area contributed by atoms with E-state index < -0.39 is 0 Å². The van der Waals surface area contributed by atoms with Gasteiger partial charge >= 0.3 is 0 Å². The van der Waals surface area contributed by atoms with E-state index in [4.69, 9.17) is 4.74 Å². The average Bonchev–Trinajstić information content (AvgIpc) is 3.31. The molecule has 0 bridgehead atoms. The maximum absolute atomic E-state index is 6.66. The summed E-state index contributed by atoms with van der Waals surface area (Å²) in [6.07, 6.45) is 3.59. The standard InChI is InChI=1S/C26H34N4O/c1-8-23(26(4,5)6)31-22-13-12-19-20(22)10-9-11-21(19)24-16(2)14-18(15-17(24)3)25-27-29-30(7)28-25/h9-11,14-15,22-23H,8,12-13H2,1-7H3/t22?,23-/m1/s1. The molecule has 0 amide bonds. The molecule has 5 heteroatoms. The Labute approximate surface area is 185 Å². The van der Waals surface area contributed by atoms with Gasteiger partial charge in [0.05, 0.1) is 19.3 Å². The fraction of sp³-hybridized carbons (Fsp3) is 0.500. The molecule has 2 aromatic carbocycles. The molecule has 0 spiro atoms. The average molecular weight is 419 g/mol. The maximum atomic E-state index is 6.66. The van der Waals surface area contributed by atoms with E-state index in [2.05, 4.69) is 87.3 Å². The molecule has 1 unspecified atom stereocenters. The van der Waals surface area contributed by atoms with Crippen molar-refractivity contribution in [1.29, 1.82) is 0 Å².